The molecule has 75 heavy (non-hydrogen) atoms. The quantitative estimate of drug-likeness (QED) is 0.00422. The average Bonchev–Trinajstić information content (AvgIpc) is 3.83. The van der Waals surface area contributed by atoms with Crippen molar-refractivity contribution in [3.63, 3.8) is 0 Å². The van der Waals surface area contributed by atoms with E-state index in [4.69, 9.17) is 39.5 Å². The van der Waals surface area contributed by atoms with Crippen molar-refractivity contribution in [3.8, 4) is 28.7 Å². The first kappa shape index (κ1) is 52.9. The SMILES string of the molecule is COC=Nc1cc(N=Nc2cc(OC)c(N=Nc3c(SOOO)cc4cc(NCOc5ccc(N)cc5)ccc4c3O)cc2C)c(OC)cc1N=Nc1cc2nn(-c3ccc(SOOO)cc3)nc2cc1S(=O)(=O)O. The van der Waals surface area contributed by atoms with E-state index < -0.39 is 15.0 Å². The van der Waals surface area contributed by atoms with E-state index in [0.29, 0.717) is 61.8 Å². The van der Waals surface area contributed by atoms with Crippen molar-refractivity contribution in [3.05, 3.63) is 115 Å². The van der Waals surface area contributed by atoms with Gasteiger partial charge < -0.3 is 35.1 Å². The molecule has 26 nitrogen and oxygen atoms in total. The Labute approximate surface area is 432 Å². The number of azo groups is 3. The predicted octanol–water partition coefficient (Wildman–Crippen LogP) is 12.3. The van der Waals surface area contributed by atoms with E-state index in [-0.39, 0.29) is 74.0 Å². The van der Waals surface area contributed by atoms with Gasteiger partial charge in [0.1, 0.15) is 61.6 Å². The first-order valence-corrected chi connectivity index (χ1v) is 24.2. The molecule has 0 unspecified atom stereocenters. The highest BCUT2D eigenvalue weighted by Gasteiger charge is 2.21. The van der Waals surface area contributed by atoms with Crippen molar-refractivity contribution >= 4 is 114 Å². The molecule has 0 bridgehead atoms. The third-order valence-electron chi connectivity index (χ3n) is 10.4. The number of phenolic OH excluding ortho intramolecular Hbond substituents is 1. The molecule has 8 aromatic rings. The zero-order chi connectivity index (χ0) is 53.1. The number of anilines is 2. The zero-order valence-corrected chi connectivity index (χ0v) is 41.8. The number of aromatic hydroxyl groups is 1. The van der Waals surface area contributed by atoms with Crippen LogP contribution < -0.4 is 25.3 Å². The van der Waals surface area contributed by atoms with Crippen molar-refractivity contribution in [2.24, 2.45) is 35.7 Å². The third-order valence-corrected chi connectivity index (χ3v) is 12.5. The molecule has 1 aromatic heterocycles. The van der Waals surface area contributed by atoms with Crippen molar-refractivity contribution in [1.82, 2.24) is 15.0 Å². The molecule has 0 radical (unpaired) electrons. The van der Waals surface area contributed by atoms with Crippen LogP contribution in [0.3, 0.4) is 0 Å². The fourth-order valence-electron chi connectivity index (χ4n) is 6.88. The lowest BCUT2D eigenvalue weighted by Gasteiger charge is -2.13. The van der Waals surface area contributed by atoms with Gasteiger partial charge in [0.15, 0.2) is 18.9 Å². The Balaban J connectivity index is 1.05. The second-order valence-electron chi connectivity index (χ2n) is 15.2. The summed E-state index contributed by atoms with van der Waals surface area (Å²) in [6.45, 7) is 1.89. The molecule has 8 rings (SSSR count). The summed E-state index contributed by atoms with van der Waals surface area (Å²) in [5, 5.41) is 75.4. The minimum absolute atomic E-state index is 0.00562. The fraction of sp³-hybridized carbons (Fsp3) is 0.109. The van der Waals surface area contributed by atoms with Gasteiger partial charge in [-0.3, -0.25) is 4.55 Å². The Morgan fingerprint density at radius 2 is 1.35 bits per heavy atom. The van der Waals surface area contributed by atoms with Gasteiger partial charge in [0.25, 0.3) is 10.1 Å². The van der Waals surface area contributed by atoms with Crippen LogP contribution >= 0.6 is 24.1 Å². The van der Waals surface area contributed by atoms with Crippen molar-refractivity contribution in [2.45, 2.75) is 21.6 Å². The summed E-state index contributed by atoms with van der Waals surface area (Å²) in [6, 6.07) is 28.9. The molecule has 1 heterocycles. The number of nitrogens with zero attached hydrogens (tertiary/aromatic N) is 10. The predicted molar refractivity (Wildman–Crippen MR) is 274 cm³/mol. The maximum Gasteiger partial charge on any atom is 0.296 e. The summed E-state index contributed by atoms with van der Waals surface area (Å²) in [7, 11) is -0.683. The lowest BCUT2D eigenvalue weighted by Crippen LogP contribution is -2.08. The molecular formula is C46H40N12O14S3. The average molecular weight is 1080 g/mol. The van der Waals surface area contributed by atoms with E-state index in [1.165, 1.54) is 44.3 Å². The van der Waals surface area contributed by atoms with Gasteiger partial charge in [-0.2, -0.15) is 18.3 Å². The molecule has 0 aliphatic carbocycles. The first-order valence-electron chi connectivity index (χ1n) is 21.3. The monoisotopic (exact) mass is 1080 g/mol. The summed E-state index contributed by atoms with van der Waals surface area (Å²) in [4.78, 5) is 5.75. The van der Waals surface area contributed by atoms with E-state index in [0.717, 1.165) is 24.5 Å². The number of ether oxygens (including phenoxy) is 4. The molecule has 0 fully saturated rings. The molecule has 7 aromatic carbocycles. The summed E-state index contributed by atoms with van der Waals surface area (Å²) in [5.41, 5.74) is 9.13. The molecular weight excluding hydrogens is 1040 g/mol. The highest BCUT2D eigenvalue weighted by Crippen LogP contribution is 2.47. The van der Waals surface area contributed by atoms with Crippen molar-refractivity contribution in [2.75, 3.05) is 39.1 Å². The number of aryl methyl sites for hydroxylation is 1. The van der Waals surface area contributed by atoms with Gasteiger partial charge in [0.2, 0.25) is 0 Å². The number of nitrogens with one attached hydrogen (secondary N) is 1. The molecule has 386 valence electrons. The maximum atomic E-state index is 12.6. The van der Waals surface area contributed by atoms with Gasteiger partial charge >= 0.3 is 0 Å². The maximum absolute atomic E-state index is 12.6. The van der Waals surface area contributed by atoms with Crippen LogP contribution in [-0.2, 0) is 33.6 Å². The smallest absolute Gasteiger partial charge is 0.296 e. The minimum atomic E-state index is -4.86. The van der Waals surface area contributed by atoms with E-state index in [1.807, 2.05) is 0 Å². The van der Waals surface area contributed by atoms with Crippen LogP contribution in [0.2, 0.25) is 0 Å². The zero-order valence-electron chi connectivity index (χ0n) is 39.3. The number of fused-ring (bicyclic) bond motifs is 2. The fourth-order valence-corrected chi connectivity index (χ4v) is 8.35. The lowest BCUT2D eigenvalue weighted by molar-refractivity contribution is -0.432. The van der Waals surface area contributed by atoms with Crippen LogP contribution in [0.1, 0.15) is 5.56 Å². The molecule has 29 heteroatoms. The van der Waals surface area contributed by atoms with Crippen LogP contribution in [-0.4, -0.2) is 78.0 Å². The number of benzene rings is 7. The van der Waals surface area contributed by atoms with Crippen LogP contribution in [0.5, 0.6) is 23.0 Å². The highest BCUT2D eigenvalue weighted by molar-refractivity contribution is 7.95. The number of nitrogen functional groups attached to an aromatic ring is 1. The lowest BCUT2D eigenvalue weighted by atomic mass is 10.1. The summed E-state index contributed by atoms with van der Waals surface area (Å²) < 4.78 is 66.7. The molecule has 0 spiro atoms. The Hall–Kier alpha value is -8.36. The van der Waals surface area contributed by atoms with Gasteiger partial charge in [-0.15, -0.1) is 44.4 Å². The normalized spacial score (nSPS) is 12.0. The van der Waals surface area contributed by atoms with Gasteiger partial charge in [-0.25, -0.2) is 15.5 Å². The van der Waals surface area contributed by atoms with Gasteiger partial charge in [-0.1, -0.05) is 10.1 Å². The minimum Gasteiger partial charge on any atom is -0.505 e. The Kier molecular flexibility index (Phi) is 17.0. The van der Waals surface area contributed by atoms with Crippen molar-refractivity contribution in [1.29, 1.82) is 0 Å². The highest BCUT2D eigenvalue weighted by atomic mass is 32.2. The molecule has 0 aliphatic rings. The van der Waals surface area contributed by atoms with Crippen LogP contribution in [0.25, 0.3) is 27.5 Å². The van der Waals surface area contributed by atoms with E-state index >= 15 is 0 Å². The van der Waals surface area contributed by atoms with E-state index in [2.05, 4.69) is 65.6 Å². The molecule has 0 saturated heterocycles. The number of hydrogen-bond acceptors (Lipinski definition) is 26. The van der Waals surface area contributed by atoms with Gasteiger partial charge in [0, 0.05) is 33.8 Å². The Morgan fingerprint density at radius 1 is 0.707 bits per heavy atom. The van der Waals surface area contributed by atoms with Crippen LogP contribution in [0.4, 0.5) is 51.2 Å². The number of nitrogens with two attached hydrogens (primary N) is 1. The molecule has 0 saturated carbocycles. The number of aliphatic imine (C=N–C) groups is 1. The summed E-state index contributed by atoms with van der Waals surface area (Å²) in [5.74, 6) is 0.764. The number of hydrogen-bond donors (Lipinski definition) is 6. The second kappa shape index (κ2) is 24.1. The Bertz CT molecular complexity index is 3610. The first-order chi connectivity index (χ1) is 36.3. The topological polar surface area (TPSA) is 344 Å². The summed E-state index contributed by atoms with van der Waals surface area (Å²) >= 11 is 1.34. The molecule has 0 atom stereocenters. The summed E-state index contributed by atoms with van der Waals surface area (Å²) in [6.07, 6.45) is 1.12. The number of rotatable bonds is 22. The van der Waals surface area contributed by atoms with E-state index in [1.54, 1.807) is 91.9 Å². The third kappa shape index (κ3) is 12.9. The second-order valence-corrected chi connectivity index (χ2v) is 18.1. The van der Waals surface area contributed by atoms with Crippen molar-refractivity contribution < 1.29 is 66.3 Å². The number of phenols is 1. The Morgan fingerprint density at radius 3 is 2.04 bits per heavy atom. The van der Waals surface area contributed by atoms with Gasteiger partial charge in [-0.05, 0) is 115 Å². The number of methoxy groups -OCH3 is 3. The molecule has 0 amide bonds. The molecule has 0 aliphatic heterocycles. The standard InChI is InChI=1S/C46H40N12O14S3/c1-25-15-38(53-55-45-43(74-72-70-61)17-26-16-28(7-14-32(26)46(45)59)48-24-68-30-10-5-27(47)6-11-30)41(66-3)20-33(25)50-52-39-18-34(49-23-65-2)35(21-42(39)67-4)51-54-40-19-36-37(22-44(40)75(62,63)64)57-58(56-36)29-8-12-31(13-9-29)73-71-69-60/h5-23,48,59-61H,24,47H2,1-4H3,(H,62,63,64). The number of aromatic nitrogens is 3. The van der Waals surface area contributed by atoms with E-state index in [9.17, 15) is 18.1 Å². The van der Waals surface area contributed by atoms with Crippen LogP contribution in [0.15, 0.2) is 160 Å². The van der Waals surface area contributed by atoms with Crippen LogP contribution in [0, 0.1) is 6.92 Å². The molecule has 7 N–H and O–H groups in total. The van der Waals surface area contributed by atoms with Gasteiger partial charge in [0.05, 0.1) is 67.4 Å². The largest absolute Gasteiger partial charge is 0.505 e.